The van der Waals surface area contributed by atoms with Gasteiger partial charge in [-0.3, -0.25) is 0 Å². The maximum Gasteiger partial charge on any atom is 0.137 e. The molecule has 4 nitrogen and oxygen atoms in total. The van der Waals surface area contributed by atoms with Crippen LogP contribution in [0.5, 0.6) is 0 Å². The van der Waals surface area contributed by atoms with Crippen molar-refractivity contribution in [2.75, 3.05) is 32.1 Å². The highest BCUT2D eigenvalue weighted by Crippen LogP contribution is 2.39. The number of aromatic nitrogens is 2. The summed E-state index contributed by atoms with van der Waals surface area (Å²) in [5, 5.41) is 0.614. The second-order valence-electron chi connectivity index (χ2n) is 6.25. The van der Waals surface area contributed by atoms with Gasteiger partial charge in [0.2, 0.25) is 0 Å². The molecule has 0 aromatic carbocycles. The Balaban J connectivity index is 1.80. The number of rotatable bonds is 4. The summed E-state index contributed by atoms with van der Waals surface area (Å²) in [5.41, 5.74) is 0.999. The lowest BCUT2D eigenvalue weighted by molar-refractivity contribution is 0.314. The largest absolute Gasteiger partial charge is 0.358 e. The van der Waals surface area contributed by atoms with Gasteiger partial charge in [-0.25, -0.2) is 9.97 Å². The minimum absolute atomic E-state index is 0.536. The highest BCUT2D eigenvalue weighted by molar-refractivity contribution is 6.30. The van der Waals surface area contributed by atoms with Crippen LogP contribution in [0.4, 0.5) is 5.82 Å². The summed E-state index contributed by atoms with van der Waals surface area (Å²) in [7, 11) is 4.33. The Morgan fingerprint density at radius 1 is 1.30 bits per heavy atom. The summed E-state index contributed by atoms with van der Waals surface area (Å²) < 4.78 is 0. The molecule has 0 spiro atoms. The van der Waals surface area contributed by atoms with Crippen LogP contribution in [0.15, 0.2) is 0 Å². The van der Waals surface area contributed by atoms with Crippen LogP contribution in [0.1, 0.15) is 43.0 Å². The molecule has 2 fully saturated rings. The maximum absolute atomic E-state index is 6.29. The predicted molar refractivity (Wildman–Crippen MR) is 82.7 cm³/mol. The molecular weight excluding hydrogens is 272 g/mol. The van der Waals surface area contributed by atoms with Crippen molar-refractivity contribution in [1.29, 1.82) is 0 Å². The van der Waals surface area contributed by atoms with Crippen LogP contribution in [-0.2, 0) is 0 Å². The van der Waals surface area contributed by atoms with Crippen molar-refractivity contribution >= 4 is 17.4 Å². The van der Waals surface area contributed by atoms with Gasteiger partial charge in [0.05, 0.1) is 0 Å². The van der Waals surface area contributed by atoms with Crippen LogP contribution in [0, 0.1) is 6.92 Å². The Hall–Kier alpha value is -0.870. The number of likely N-dealkylation sites (tertiary alicyclic amines) is 1. The molecule has 3 rings (SSSR count). The van der Waals surface area contributed by atoms with Gasteiger partial charge in [-0.2, -0.15) is 0 Å². The van der Waals surface area contributed by atoms with Gasteiger partial charge in [-0.05, 0) is 46.2 Å². The van der Waals surface area contributed by atoms with E-state index in [2.05, 4.69) is 28.9 Å². The van der Waals surface area contributed by atoms with Gasteiger partial charge < -0.3 is 9.80 Å². The molecule has 20 heavy (non-hydrogen) atoms. The number of hydrogen-bond donors (Lipinski definition) is 0. The molecule has 1 aliphatic heterocycles. The van der Waals surface area contributed by atoms with Crippen LogP contribution in [-0.4, -0.2) is 48.1 Å². The number of likely N-dealkylation sites (N-methyl/N-ethyl adjacent to an activating group) is 2. The van der Waals surface area contributed by atoms with E-state index < -0.39 is 0 Å². The van der Waals surface area contributed by atoms with Gasteiger partial charge in [0.1, 0.15) is 16.8 Å². The van der Waals surface area contributed by atoms with Crippen molar-refractivity contribution in [3.63, 3.8) is 0 Å². The summed E-state index contributed by atoms with van der Waals surface area (Å²) in [6, 6.07) is 0.623. The van der Waals surface area contributed by atoms with Gasteiger partial charge in [0, 0.05) is 31.1 Å². The van der Waals surface area contributed by atoms with Crippen molar-refractivity contribution in [3.05, 3.63) is 16.5 Å². The smallest absolute Gasteiger partial charge is 0.137 e. The highest BCUT2D eigenvalue weighted by Gasteiger charge is 2.29. The van der Waals surface area contributed by atoms with E-state index in [9.17, 15) is 0 Å². The second kappa shape index (κ2) is 5.49. The topological polar surface area (TPSA) is 32.3 Å². The molecule has 1 saturated heterocycles. The molecule has 1 aromatic heterocycles. The molecule has 1 unspecified atom stereocenters. The molecule has 1 atom stereocenters. The van der Waals surface area contributed by atoms with Crippen molar-refractivity contribution in [2.45, 2.75) is 44.6 Å². The second-order valence-corrected chi connectivity index (χ2v) is 6.61. The van der Waals surface area contributed by atoms with Crippen molar-refractivity contribution in [1.82, 2.24) is 14.9 Å². The Morgan fingerprint density at radius 3 is 2.65 bits per heavy atom. The quantitative estimate of drug-likeness (QED) is 0.799. The van der Waals surface area contributed by atoms with Crippen molar-refractivity contribution in [2.24, 2.45) is 0 Å². The first kappa shape index (κ1) is 14.1. The third-order valence-electron chi connectivity index (χ3n) is 4.54. The lowest BCUT2D eigenvalue weighted by Crippen LogP contribution is -2.37. The average molecular weight is 295 g/mol. The van der Waals surface area contributed by atoms with Crippen LogP contribution < -0.4 is 4.90 Å². The summed E-state index contributed by atoms with van der Waals surface area (Å²) in [5.74, 6) is 2.48. The third kappa shape index (κ3) is 2.77. The fourth-order valence-corrected chi connectivity index (χ4v) is 3.17. The van der Waals surface area contributed by atoms with E-state index in [1.807, 2.05) is 6.92 Å². The number of nitrogens with zero attached hydrogens (tertiary/aromatic N) is 4. The van der Waals surface area contributed by atoms with Gasteiger partial charge in [-0.15, -0.1) is 0 Å². The minimum atomic E-state index is 0.536. The van der Waals surface area contributed by atoms with E-state index >= 15 is 0 Å². The fraction of sp³-hybridized carbons (Fsp3) is 0.733. The molecule has 2 heterocycles. The first-order valence-electron chi connectivity index (χ1n) is 7.51. The van der Waals surface area contributed by atoms with E-state index in [0.29, 0.717) is 17.1 Å². The average Bonchev–Trinajstić information content (AvgIpc) is 3.18. The molecule has 0 N–H and O–H groups in total. The standard InChI is InChI=1S/C15H23ClN4/c1-10-13(16)17-14(11-6-7-11)18-15(10)20(3)9-12-5-4-8-19(12)2/h11-12H,4-9H2,1-3H3. The Labute approximate surface area is 126 Å². The first-order chi connectivity index (χ1) is 9.56. The molecule has 0 amide bonds. The number of hydrogen-bond acceptors (Lipinski definition) is 4. The van der Waals surface area contributed by atoms with Crippen LogP contribution >= 0.6 is 11.6 Å². The predicted octanol–water partition coefficient (Wildman–Crippen LogP) is 2.85. The summed E-state index contributed by atoms with van der Waals surface area (Å²) >= 11 is 6.29. The number of anilines is 1. The number of halogens is 1. The molecule has 1 saturated carbocycles. The summed E-state index contributed by atoms with van der Waals surface area (Å²) in [6.07, 6.45) is 4.97. The summed E-state index contributed by atoms with van der Waals surface area (Å²) in [6.45, 7) is 4.23. The van der Waals surface area contributed by atoms with Crippen molar-refractivity contribution in [3.8, 4) is 0 Å². The Bertz CT molecular complexity index is 501. The zero-order chi connectivity index (χ0) is 14.3. The first-order valence-corrected chi connectivity index (χ1v) is 7.89. The lowest BCUT2D eigenvalue weighted by atomic mass is 10.2. The molecule has 1 aromatic rings. The Kier molecular flexibility index (Phi) is 3.87. The molecule has 0 radical (unpaired) electrons. The highest BCUT2D eigenvalue weighted by atomic mass is 35.5. The Morgan fingerprint density at radius 2 is 2.05 bits per heavy atom. The monoisotopic (exact) mass is 294 g/mol. The van der Waals surface area contributed by atoms with E-state index in [4.69, 9.17) is 16.6 Å². The van der Waals surface area contributed by atoms with E-state index in [-0.39, 0.29) is 0 Å². The van der Waals surface area contributed by atoms with Crippen LogP contribution in [0.2, 0.25) is 5.15 Å². The van der Waals surface area contributed by atoms with E-state index in [1.54, 1.807) is 0 Å². The van der Waals surface area contributed by atoms with Gasteiger partial charge in [-0.1, -0.05) is 11.6 Å². The molecular formula is C15H23ClN4. The molecule has 5 heteroatoms. The lowest BCUT2D eigenvalue weighted by Gasteiger charge is -2.28. The molecule has 2 aliphatic rings. The maximum atomic E-state index is 6.29. The van der Waals surface area contributed by atoms with Crippen LogP contribution in [0.25, 0.3) is 0 Å². The van der Waals surface area contributed by atoms with Gasteiger partial charge in [0.15, 0.2) is 0 Å². The fourth-order valence-electron chi connectivity index (χ4n) is 3.00. The zero-order valence-electron chi connectivity index (χ0n) is 12.6. The molecule has 110 valence electrons. The summed E-state index contributed by atoms with van der Waals surface area (Å²) in [4.78, 5) is 13.9. The molecule has 1 aliphatic carbocycles. The van der Waals surface area contributed by atoms with Crippen LogP contribution in [0.3, 0.4) is 0 Å². The minimum Gasteiger partial charge on any atom is -0.358 e. The zero-order valence-corrected chi connectivity index (χ0v) is 13.3. The SMILES string of the molecule is Cc1c(Cl)nc(C2CC2)nc1N(C)CC1CCCN1C. The van der Waals surface area contributed by atoms with E-state index in [0.717, 1.165) is 23.8 Å². The van der Waals surface area contributed by atoms with E-state index in [1.165, 1.54) is 32.2 Å². The third-order valence-corrected chi connectivity index (χ3v) is 4.91. The van der Waals surface area contributed by atoms with Crippen molar-refractivity contribution < 1.29 is 0 Å². The normalized spacial score (nSPS) is 23.3. The van der Waals surface area contributed by atoms with Gasteiger partial charge >= 0.3 is 0 Å². The molecule has 0 bridgehead atoms. The van der Waals surface area contributed by atoms with Gasteiger partial charge in [0.25, 0.3) is 0 Å².